The SMILES string of the molecule is CCCC[C@H](CC)CN(CP(=O)(O)O)CP(=O)(O)O. The van der Waals surface area contributed by atoms with Crippen molar-refractivity contribution in [3.8, 4) is 0 Å². The standard InChI is InChI=1S/C10H25NO6P2/c1-3-5-6-10(4-2)7-11(8-18(12,13)14)9-19(15,16)17/h10H,3-9H2,1-2H3,(H2,12,13,14)(H2,15,16,17)/t10-/m0/s1. The number of nitrogens with zero attached hydrogens (tertiary/aromatic N) is 1. The molecule has 0 bridgehead atoms. The summed E-state index contributed by atoms with van der Waals surface area (Å²) in [6, 6.07) is 0. The van der Waals surface area contributed by atoms with Gasteiger partial charge >= 0.3 is 15.2 Å². The van der Waals surface area contributed by atoms with Crippen molar-refractivity contribution in [1.29, 1.82) is 0 Å². The van der Waals surface area contributed by atoms with Gasteiger partial charge in [-0.25, -0.2) is 0 Å². The van der Waals surface area contributed by atoms with Gasteiger partial charge in [0.15, 0.2) is 0 Å². The van der Waals surface area contributed by atoms with Gasteiger partial charge in [-0.3, -0.25) is 14.0 Å². The van der Waals surface area contributed by atoms with Gasteiger partial charge in [-0.1, -0.05) is 33.1 Å². The smallest absolute Gasteiger partial charge is 0.324 e. The monoisotopic (exact) mass is 317 g/mol. The highest BCUT2D eigenvalue weighted by Gasteiger charge is 2.27. The Kier molecular flexibility index (Phi) is 8.64. The third kappa shape index (κ3) is 11.8. The van der Waals surface area contributed by atoms with Crippen molar-refractivity contribution < 1.29 is 28.7 Å². The number of hydrogen-bond donors (Lipinski definition) is 4. The van der Waals surface area contributed by atoms with E-state index in [0.29, 0.717) is 6.54 Å². The Morgan fingerprint density at radius 1 is 1.00 bits per heavy atom. The summed E-state index contributed by atoms with van der Waals surface area (Å²) in [6.07, 6.45) is 2.51. The Hall–Kier alpha value is 0.260. The van der Waals surface area contributed by atoms with Crippen LogP contribution < -0.4 is 0 Å². The fraction of sp³-hybridized carbons (Fsp3) is 1.00. The van der Waals surface area contributed by atoms with Crippen molar-refractivity contribution in [2.75, 3.05) is 19.1 Å². The van der Waals surface area contributed by atoms with Crippen LogP contribution in [0.15, 0.2) is 0 Å². The molecule has 19 heavy (non-hydrogen) atoms. The fourth-order valence-electron chi connectivity index (χ4n) is 1.96. The fourth-order valence-corrected chi connectivity index (χ4v) is 3.59. The van der Waals surface area contributed by atoms with Gasteiger partial charge in [0.25, 0.3) is 0 Å². The molecule has 0 fully saturated rings. The van der Waals surface area contributed by atoms with E-state index in [4.69, 9.17) is 19.6 Å². The normalized spacial score (nSPS) is 14.9. The summed E-state index contributed by atoms with van der Waals surface area (Å²) in [7, 11) is -8.64. The zero-order valence-corrected chi connectivity index (χ0v) is 13.3. The Labute approximate surface area is 114 Å². The second-order valence-electron chi connectivity index (χ2n) is 4.88. The van der Waals surface area contributed by atoms with Crippen molar-refractivity contribution in [2.45, 2.75) is 39.5 Å². The van der Waals surface area contributed by atoms with E-state index < -0.39 is 27.8 Å². The summed E-state index contributed by atoms with van der Waals surface area (Å²) in [4.78, 5) is 37.0. The summed E-state index contributed by atoms with van der Waals surface area (Å²) < 4.78 is 22.0. The van der Waals surface area contributed by atoms with Crippen molar-refractivity contribution in [2.24, 2.45) is 5.92 Å². The molecule has 0 aromatic heterocycles. The average molecular weight is 317 g/mol. The summed E-state index contributed by atoms with van der Waals surface area (Å²) in [5.74, 6) is 0.193. The van der Waals surface area contributed by atoms with E-state index in [9.17, 15) is 9.13 Å². The molecule has 0 spiro atoms. The van der Waals surface area contributed by atoms with Crippen LogP contribution in [0.2, 0.25) is 0 Å². The van der Waals surface area contributed by atoms with Gasteiger partial charge in [0.2, 0.25) is 0 Å². The minimum Gasteiger partial charge on any atom is -0.324 e. The quantitative estimate of drug-likeness (QED) is 0.453. The maximum Gasteiger partial charge on any atom is 0.339 e. The van der Waals surface area contributed by atoms with E-state index in [1.807, 2.05) is 6.92 Å². The van der Waals surface area contributed by atoms with Crippen LogP contribution in [-0.4, -0.2) is 43.6 Å². The first-order valence-electron chi connectivity index (χ1n) is 6.39. The van der Waals surface area contributed by atoms with Gasteiger partial charge in [0.1, 0.15) is 12.6 Å². The molecule has 1 atom stereocenters. The first-order chi connectivity index (χ1) is 8.57. The first kappa shape index (κ1) is 19.3. The molecule has 0 aromatic rings. The van der Waals surface area contributed by atoms with E-state index >= 15 is 0 Å². The molecule has 0 saturated carbocycles. The van der Waals surface area contributed by atoms with Gasteiger partial charge in [-0.15, -0.1) is 0 Å². The molecule has 0 aromatic carbocycles. The van der Waals surface area contributed by atoms with Gasteiger partial charge < -0.3 is 19.6 Å². The zero-order chi connectivity index (χ0) is 15.1. The van der Waals surface area contributed by atoms with E-state index in [2.05, 4.69) is 6.92 Å². The topological polar surface area (TPSA) is 118 Å². The Balaban J connectivity index is 4.63. The predicted octanol–water partition coefficient (Wildman–Crippen LogP) is 1.78. The Morgan fingerprint density at radius 3 is 1.79 bits per heavy atom. The average Bonchev–Trinajstić information content (AvgIpc) is 2.19. The number of rotatable bonds is 10. The van der Waals surface area contributed by atoms with Crippen molar-refractivity contribution in [3.63, 3.8) is 0 Å². The van der Waals surface area contributed by atoms with Crippen LogP contribution in [0.1, 0.15) is 39.5 Å². The molecule has 0 aliphatic heterocycles. The van der Waals surface area contributed by atoms with Crippen LogP contribution in [0.3, 0.4) is 0 Å². The lowest BCUT2D eigenvalue weighted by atomic mass is 9.99. The van der Waals surface area contributed by atoms with Gasteiger partial charge in [0.05, 0.1) is 0 Å². The van der Waals surface area contributed by atoms with Gasteiger partial charge in [-0.2, -0.15) is 0 Å². The lowest BCUT2D eigenvalue weighted by molar-refractivity contribution is 0.236. The van der Waals surface area contributed by atoms with Crippen LogP contribution in [-0.2, 0) is 9.13 Å². The molecule has 116 valence electrons. The Morgan fingerprint density at radius 2 is 1.47 bits per heavy atom. The van der Waals surface area contributed by atoms with E-state index in [1.54, 1.807) is 0 Å². The van der Waals surface area contributed by atoms with Crippen LogP contribution in [0.4, 0.5) is 0 Å². The molecule has 0 saturated heterocycles. The van der Waals surface area contributed by atoms with E-state index in [-0.39, 0.29) is 5.92 Å². The maximum atomic E-state index is 11.0. The van der Waals surface area contributed by atoms with Crippen molar-refractivity contribution in [1.82, 2.24) is 4.90 Å². The zero-order valence-electron chi connectivity index (χ0n) is 11.5. The molecule has 0 aliphatic rings. The van der Waals surface area contributed by atoms with Crippen molar-refractivity contribution in [3.05, 3.63) is 0 Å². The second kappa shape index (κ2) is 8.53. The molecule has 0 radical (unpaired) electrons. The van der Waals surface area contributed by atoms with Gasteiger partial charge in [0, 0.05) is 6.54 Å². The molecular weight excluding hydrogens is 292 g/mol. The highest BCUT2D eigenvalue weighted by Crippen LogP contribution is 2.41. The lowest BCUT2D eigenvalue weighted by Crippen LogP contribution is -2.31. The minimum atomic E-state index is -4.32. The number of unbranched alkanes of at least 4 members (excludes halogenated alkanes) is 1. The maximum absolute atomic E-state index is 11.0. The van der Waals surface area contributed by atoms with Crippen LogP contribution in [0.5, 0.6) is 0 Å². The highest BCUT2D eigenvalue weighted by atomic mass is 31.2. The summed E-state index contributed by atoms with van der Waals surface area (Å²) >= 11 is 0. The van der Waals surface area contributed by atoms with E-state index in [0.717, 1.165) is 25.7 Å². The molecule has 0 unspecified atom stereocenters. The summed E-state index contributed by atoms with van der Waals surface area (Å²) in [6.45, 7) is 4.32. The molecule has 9 heteroatoms. The molecule has 0 aliphatic carbocycles. The van der Waals surface area contributed by atoms with Crippen LogP contribution in [0, 0.1) is 5.92 Å². The summed E-state index contributed by atoms with van der Waals surface area (Å²) in [5, 5.41) is 0. The predicted molar refractivity (Wildman–Crippen MR) is 73.8 cm³/mol. The van der Waals surface area contributed by atoms with Crippen molar-refractivity contribution >= 4 is 15.2 Å². The molecule has 0 amide bonds. The third-order valence-corrected chi connectivity index (χ3v) is 4.37. The number of hydrogen-bond acceptors (Lipinski definition) is 3. The second-order valence-corrected chi connectivity index (χ2v) is 8.11. The Bertz CT molecular complexity index is 315. The van der Waals surface area contributed by atoms with Gasteiger partial charge in [-0.05, 0) is 12.3 Å². The largest absolute Gasteiger partial charge is 0.339 e. The molecular formula is C10H25NO6P2. The molecule has 0 rings (SSSR count). The highest BCUT2D eigenvalue weighted by molar-refractivity contribution is 7.52. The third-order valence-electron chi connectivity index (χ3n) is 2.83. The molecule has 0 heterocycles. The summed E-state index contributed by atoms with van der Waals surface area (Å²) in [5.41, 5.74) is 0. The minimum absolute atomic E-state index is 0.193. The van der Waals surface area contributed by atoms with E-state index in [1.165, 1.54) is 4.90 Å². The molecule has 7 nitrogen and oxygen atoms in total. The lowest BCUT2D eigenvalue weighted by Gasteiger charge is -2.27. The first-order valence-corrected chi connectivity index (χ1v) is 9.98. The van der Waals surface area contributed by atoms with Crippen LogP contribution in [0.25, 0.3) is 0 Å². The van der Waals surface area contributed by atoms with Crippen LogP contribution >= 0.6 is 15.2 Å². The molecule has 4 N–H and O–H groups in total.